The first-order valence-corrected chi connectivity index (χ1v) is 10.3. The topological polar surface area (TPSA) is 113 Å². The summed E-state index contributed by atoms with van der Waals surface area (Å²) in [6.07, 6.45) is 2.90. The highest BCUT2D eigenvalue weighted by molar-refractivity contribution is 6.12. The number of benzene rings is 3. The molecule has 1 heterocycles. The van der Waals surface area contributed by atoms with E-state index in [1.54, 1.807) is 84.9 Å². The number of hydrogen-bond acceptors (Lipinski definition) is 5. The molecule has 0 atom stereocenters. The van der Waals surface area contributed by atoms with Crippen molar-refractivity contribution in [2.24, 2.45) is 5.10 Å². The number of para-hydroxylation sites is 1. The average molecular weight is 452 g/mol. The van der Waals surface area contributed by atoms with Gasteiger partial charge in [0.2, 0.25) is 0 Å². The molecule has 4 aromatic rings. The SMILES string of the molecule is O=C(N/N=C/c1ccco1)c1ccc(NC(=O)c2ccccc2NC(=O)c2ccccc2)cc1. The molecule has 0 unspecified atom stereocenters. The number of carbonyl (C=O) groups excluding carboxylic acids is 3. The van der Waals surface area contributed by atoms with Crippen molar-refractivity contribution in [2.75, 3.05) is 10.6 Å². The van der Waals surface area contributed by atoms with Gasteiger partial charge in [-0.15, -0.1) is 0 Å². The normalized spacial score (nSPS) is 10.6. The van der Waals surface area contributed by atoms with Crippen molar-refractivity contribution in [3.8, 4) is 0 Å². The summed E-state index contributed by atoms with van der Waals surface area (Å²) in [6, 6.07) is 25.2. The quantitative estimate of drug-likeness (QED) is 0.282. The van der Waals surface area contributed by atoms with E-state index in [1.807, 2.05) is 6.07 Å². The van der Waals surface area contributed by atoms with Crippen molar-refractivity contribution < 1.29 is 18.8 Å². The molecule has 8 heteroatoms. The summed E-state index contributed by atoms with van der Waals surface area (Å²) in [6.45, 7) is 0. The Labute approximate surface area is 195 Å². The van der Waals surface area contributed by atoms with Crippen LogP contribution >= 0.6 is 0 Å². The van der Waals surface area contributed by atoms with Crippen molar-refractivity contribution in [3.05, 3.63) is 120 Å². The lowest BCUT2D eigenvalue weighted by Crippen LogP contribution is -2.19. The third kappa shape index (κ3) is 5.63. The van der Waals surface area contributed by atoms with Crippen LogP contribution in [-0.2, 0) is 0 Å². The Morgan fingerprint density at radius 1 is 0.676 bits per heavy atom. The molecular weight excluding hydrogens is 432 g/mol. The van der Waals surface area contributed by atoms with Crippen LogP contribution in [0.2, 0.25) is 0 Å². The van der Waals surface area contributed by atoms with E-state index in [9.17, 15) is 14.4 Å². The molecule has 3 amide bonds. The van der Waals surface area contributed by atoms with E-state index in [2.05, 4.69) is 21.2 Å². The lowest BCUT2D eigenvalue weighted by molar-refractivity contribution is 0.0953. The van der Waals surface area contributed by atoms with Crippen molar-refractivity contribution >= 4 is 35.3 Å². The number of amides is 3. The molecule has 168 valence electrons. The van der Waals surface area contributed by atoms with E-state index < -0.39 is 11.8 Å². The van der Waals surface area contributed by atoms with Gasteiger partial charge in [-0.1, -0.05) is 30.3 Å². The number of carbonyl (C=O) groups is 3. The Morgan fingerprint density at radius 3 is 2.12 bits per heavy atom. The standard InChI is InChI=1S/C26H20N4O4/c31-24(18-7-2-1-3-8-18)29-23-11-5-4-10-22(23)26(33)28-20-14-12-19(13-15-20)25(32)30-27-17-21-9-6-16-34-21/h1-17H,(H,28,33)(H,29,31)(H,30,32)/b27-17+. The van der Waals surface area contributed by atoms with Gasteiger partial charge < -0.3 is 15.1 Å². The molecule has 0 saturated carbocycles. The number of hydrogen-bond donors (Lipinski definition) is 3. The first-order valence-electron chi connectivity index (χ1n) is 10.3. The first kappa shape index (κ1) is 22.2. The number of nitrogens with one attached hydrogen (secondary N) is 3. The Kier molecular flexibility index (Phi) is 6.90. The van der Waals surface area contributed by atoms with Crippen LogP contribution in [0.3, 0.4) is 0 Å². The molecule has 0 bridgehead atoms. The lowest BCUT2D eigenvalue weighted by atomic mass is 10.1. The molecule has 0 aliphatic carbocycles. The molecule has 34 heavy (non-hydrogen) atoms. The van der Waals surface area contributed by atoms with E-state index in [0.717, 1.165) is 0 Å². The van der Waals surface area contributed by atoms with Crippen LogP contribution in [0.25, 0.3) is 0 Å². The maximum atomic E-state index is 12.9. The fourth-order valence-electron chi connectivity index (χ4n) is 3.06. The molecule has 3 aromatic carbocycles. The second-order valence-corrected chi connectivity index (χ2v) is 7.11. The second-order valence-electron chi connectivity index (χ2n) is 7.11. The minimum absolute atomic E-state index is 0.306. The smallest absolute Gasteiger partial charge is 0.271 e. The number of rotatable bonds is 7. The maximum Gasteiger partial charge on any atom is 0.271 e. The summed E-state index contributed by atoms with van der Waals surface area (Å²) in [4.78, 5) is 37.6. The summed E-state index contributed by atoms with van der Waals surface area (Å²) in [5.41, 5.74) is 4.44. The Balaban J connectivity index is 1.39. The largest absolute Gasteiger partial charge is 0.463 e. The molecular formula is C26H20N4O4. The van der Waals surface area contributed by atoms with Gasteiger partial charge in [-0.2, -0.15) is 5.10 Å². The van der Waals surface area contributed by atoms with E-state index in [-0.39, 0.29) is 5.91 Å². The molecule has 4 rings (SSSR count). The van der Waals surface area contributed by atoms with Crippen LogP contribution < -0.4 is 16.1 Å². The molecule has 8 nitrogen and oxygen atoms in total. The van der Waals surface area contributed by atoms with Crippen LogP contribution in [0, 0.1) is 0 Å². The lowest BCUT2D eigenvalue weighted by Gasteiger charge is -2.12. The van der Waals surface area contributed by atoms with Gasteiger partial charge >= 0.3 is 0 Å². The van der Waals surface area contributed by atoms with Gasteiger partial charge in [-0.3, -0.25) is 14.4 Å². The highest BCUT2D eigenvalue weighted by atomic mass is 16.3. The zero-order chi connectivity index (χ0) is 23.8. The second kappa shape index (κ2) is 10.6. The van der Waals surface area contributed by atoms with Gasteiger partial charge in [-0.25, -0.2) is 5.43 Å². The molecule has 0 radical (unpaired) electrons. The van der Waals surface area contributed by atoms with Crippen molar-refractivity contribution in [1.82, 2.24) is 5.43 Å². The van der Waals surface area contributed by atoms with E-state index in [4.69, 9.17) is 4.42 Å². The summed E-state index contributed by atoms with van der Waals surface area (Å²) < 4.78 is 5.10. The predicted octanol–water partition coefficient (Wildman–Crippen LogP) is 4.55. The van der Waals surface area contributed by atoms with Gasteiger partial charge in [0, 0.05) is 16.8 Å². The Bertz CT molecular complexity index is 1310. The van der Waals surface area contributed by atoms with Gasteiger partial charge in [-0.05, 0) is 60.7 Å². The van der Waals surface area contributed by atoms with E-state index >= 15 is 0 Å². The van der Waals surface area contributed by atoms with Crippen LogP contribution in [0.4, 0.5) is 11.4 Å². The van der Waals surface area contributed by atoms with Gasteiger partial charge in [0.25, 0.3) is 17.7 Å². The van der Waals surface area contributed by atoms with Crippen molar-refractivity contribution in [2.45, 2.75) is 0 Å². The summed E-state index contributed by atoms with van der Waals surface area (Å²) >= 11 is 0. The molecule has 0 spiro atoms. The minimum Gasteiger partial charge on any atom is -0.463 e. The van der Waals surface area contributed by atoms with E-state index in [1.165, 1.54) is 12.5 Å². The van der Waals surface area contributed by atoms with Gasteiger partial charge in [0.05, 0.1) is 23.7 Å². The summed E-state index contributed by atoms with van der Waals surface area (Å²) in [5, 5.41) is 9.38. The Morgan fingerprint density at radius 2 is 1.38 bits per heavy atom. The molecule has 0 aliphatic heterocycles. The van der Waals surface area contributed by atoms with Crippen molar-refractivity contribution in [1.29, 1.82) is 0 Å². The Hall–Kier alpha value is -4.98. The number of furan rings is 1. The molecule has 0 aliphatic rings. The minimum atomic E-state index is -0.408. The maximum absolute atomic E-state index is 12.9. The first-order chi connectivity index (χ1) is 16.6. The van der Waals surface area contributed by atoms with Gasteiger partial charge in [0.15, 0.2) is 0 Å². The monoisotopic (exact) mass is 452 g/mol. The summed E-state index contributed by atoms with van der Waals surface area (Å²) in [7, 11) is 0. The zero-order valence-corrected chi connectivity index (χ0v) is 17.9. The number of nitrogens with zero attached hydrogens (tertiary/aromatic N) is 1. The number of hydrazone groups is 1. The fraction of sp³-hybridized carbons (Fsp3) is 0. The molecule has 0 saturated heterocycles. The zero-order valence-electron chi connectivity index (χ0n) is 17.9. The molecule has 3 N–H and O–H groups in total. The van der Waals surface area contributed by atoms with Crippen LogP contribution in [0.5, 0.6) is 0 Å². The number of anilines is 2. The highest BCUT2D eigenvalue weighted by Gasteiger charge is 2.14. The molecule has 0 fully saturated rings. The van der Waals surface area contributed by atoms with E-state index in [0.29, 0.717) is 33.8 Å². The predicted molar refractivity (Wildman–Crippen MR) is 129 cm³/mol. The van der Waals surface area contributed by atoms with Crippen molar-refractivity contribution in [3.63, 3.8) is 0 Å². The third-order valence-corrected chi connectivity index (χ3v) is 4.76. The van der Waals surface area contributed by atoms with Gasteiger partial charge in [0.1, 0.15) is 5.76 Å². The molecule has 1 aromatic heterocycles. The fourth-order valence-corrected chi connectivity index (χ4v) is 3.06. The van der Waals surface area contributed by atoms with Crippen LogP contribution in [0.1, 0.15) is 36.8 Å². The average Bonchev–Trinajstić information content (AvgIpc) is 3.39. The summed E-state index contributed by atoms with van der Waals surface area (Å²) in [5.74, 6) is -0.608. The third-order valence-electron chi connectivity index (χ3n) is 4.76. The van der Waals surface area contributed by atoms with Crippen LogP contribution in [-0.4, -0.2) is 23.9 Å². The van der Waals surface area contributed by atoms with Crippen LogP contribution in [0.15, 0.2) is 107 Å². The highest BCUT2D eigenvalue weighted by Crippen LogP contribution is 2.19.